The standard InChI is InChI=1S/C32H54O7/c1-4-5-13-23(2)28(38-30-16-9-11-20-36-30)19-18-26-25(15-8-6-7-14-24(3)32(34)35)27(33)22-29(26)39-31-17-10-12-21-37-31/h6,8,18-19,23-31,33H,4-5,7,9-17,20-22H2,1-3H3,(H,34,35)/b8-6-,19-18+/t23-,24?,25-,26-,27+,28+,29-,30?,31?/m1/s1. The summed E-state index contributed by atoms with van der Waals surface area (Å²) in [5.41, 5.74) is 0. The lowest BCUT2D eigenvalue weighted by atomic mass is 9.88. The van der Waals surface area contributed by atoms with E-state index < -0.39 is 12.1 Å². The van der Waals surface area contributed by atoms with Gasteiger partial charge in [-0.15, -0.1) is 0 Å². The van der Waals surface area contributed by atoms with E-state index in [0.29, 0.717) is 18.8 Å². The summed E-state index contributed by atoms with van der Waals surface area (Å²) in [4.78, 5) is 11.1. The van der Waals surface area contributed by atoms with E-state index in [9.17, 15) is 9.90 Å². The van der Waals surface area contributed by atoms with Gasteiger partial charge in [0.2, 0.25) is 0 Å². The topological polar surface area (TPSA) is 94.5 Å². The number of carbonyl (C=O) groups is 1. The number of carboxylic acid groups (broad SMARTS) is 1. The van der Waals surface area contributed by atoms with Crippen LogP contribution in [0.3, 0.4) is 0 Å². The van der Waals surface area contributed by atoms with E-state index in [4.69, 9.17) is 24.1 Å². The molecule has 2 saturated heterocycles. The maximum absolute atomic E-state index is 11.1. The van der Waals surface area contributed by atoms with Crippen LogP contribution in [0, 0.1) is 23.7 Å². The Morgan fingerprint density at radius 3 is 2.38 bits per heavy atom. The van der Waals surface area contributed by atoms with Gasteiger partial charge in [0.1, 0.15) is 0 Å². The minimum absolute atomic E-state index is 0.0283. The molecule has 224 valence electrons. The van der Waals surface area contributed by atoms with Gasteiger partial charge >= 0.3 is 5.97 Å². The van der Waals surface area contributed by atoms with Crippen LogP contribution in [-0.2, 0) is 23.7 Å². The van der Waals surface area contributed by atoms with Gasteiger partial charge in [0.05, 0.1) is 24.2 Å². The van der Waals surface area contributed by atoms with Gasteiger partial charge in [-0.2, -0.15) is 0 Å². The van der Waals surface area contributed by atoms with Crippen molar-refractivity contribution in [3.8, 4) is 0 Å². The van der Waals surface area contributed by atoms with Crippen LogP contribution in [0.15, 0.2) is 24.3 Å². The zero-order valence-electron chi connectivity index (χ0n) is 24.5. The smallest absolute Gasteiger partial charge is 0.306 e. The average molecular weight is 551 g/mol. The lowest BCUT2D eigenvalue weighted by molar-refractivity contribution is -0.193. The molecule has 0 aromatic heterocycles. The summed E-state index contributed by atoms with van der Waals surface area (Å²) in [5, 5.41) is 20.2. The number of unbranched alkanes of at least 4 members (excludes halogenated alkanes) is 1. The molecule has 3 rings (SSSR count). The second-order valence-corrected chi connectivity index (χ2v) is 11.9. The molecular weight excluding hydrogens is 496 g/mol. The molecule has 3 fully saturated rings. The average Bonchev–Trinajstić information content (AvgIpc) is 3.23. The monoisotopic (exact) mass is 550 g/mol. The molecule has 7 heteroatoms. The van der Waals surface area contributed by atoms with E-state index in [1.54, 1.807) is 6.92 Å². The molecule has 7 nitrogen and oxygen atoms in total. The SMILES string of the molecule is CCCC[C@@H](C)[C@H](/C=C/[C@@H]1[C@@H](C/C=C\CCC(C)C(=O)O)[C@@H](O)C[C@H]1OC1CCCCO1)OC1CCCCO1. The molecule has 2 N–H and O–H groups in total. The van der Waals surface area contributed by atoms with Crippen molar-refractivity contribution in [2.45, 2.75) is 135 Å². The first kappa shape index (κ1) is 32.3. The van der Waals surface area contributed by atoms with Crippen molar-refractivity contribution in [1.82, 2.24) is 0 Å². The largest absolute Gasteiger partial charge is 0.481 e. The fraction of sp³-hybridized carbons (Fsp3) is 0.844. The highest BCUT2D eigenvalue weighted by atomic mass is 16.7. The Morgan fingerprint density at radius 1 is 1.03 bits per heavy atom. The zero-order valence-corrected chi connectivity index (χ0v) is 24.5. The summed E-state index contributed by atoms with van der Waals surface area (Å²) in [5.74, 6) is -0.664. The van der Waals surface area contributed by atoms with Crippen LogP contribution in [0.5, 0.6) is 0 Å². The van der Waals surface area contributed by atoms with Gasteiger partial charge in [-0.05, 0) is 76.0 Å². The van der Waals surface area contributed by atoms with Crippen LogP contribution in [0.4, 0.5) is 0 Å². The molecule has 39 heavy (non-hydrogen) atoms. The van der Waals surface area contributed by atoms with E-state index in [-0.39, 0.29) is 42.5 Å². The van der Waals surface area contributed by atoms with Crippen molar-refractivity contribution in [2.75, 3.05) is 13.2 Å². The highest BCUT2D eigenvalue weighted by Crippen LogP contribution is 2.40. The number of allylic oxidation sites excluding steroid dienone is 2. The van der Waals surface area contributed by atoms with Gasteiger partial charge in [0.15, 0.2) is 12.6 Å². The molecule has 3 aliphatic rings. The number of hydrogen-bond acceptors (Lipinski definition) is 6. The van der Waals surface area contributed by atoms with Crippen molar-refractivity contribution < 1.29 is 34.0 Å². The number of carboxylic acids is 1. The quantitative estimate of drug-likeness (QED) is 0.208. The highest BCUT2D eigenvalue weighted by Gasteiger charge is 2.42. The third-order valence-electron chi connectivity index (χ3n) is 8.66. The van der Waals surface area contributed by atoms with E-state index in [2.05, 4.69) is 38.2 Å². The van der Waals surface area contributed by atoms with E-state index in [0.717, 1.165) is 77.4 Å². The first-order chi connectivity index (χ1) is 18.9. The molecule has 0 spiro atoms. The third-order valence-corrected chi connectivity index (χ3v) is 8.66. The van der Waals surface area contributed by atoms with Crippen molar-refractivity contribution in [3.05, 3.63) is 24.3 Å². The maximum Gasteiger partial charge on any atom is 0.306 e. The molecule has 0 bridgehead atoms. The van der Waals surface area contributed by atoms with Crippen LogP contribution in [0.2, 0.25) is 0 Å². The van der Waals surface area contributed by atoms with E-state index in [1.807, 2.05) is 0 Å². The molecule has 1 saturated carbocycles. The predicted molar refractivity (Wildman–Crippen MR) is 152 cm³/mol. The van der Waals surface area contributed by atoms with E-state index >= 15 is 0 Å². The van der Waals surface area contributed by atoms with Crippen LogP contribution < -0.4 is 0 Å². The lowest BCUT2D eigenvalue weighted by Crippen LogP contribution is -2.32. The van der Waals surface area contributed by atoms with Crippen LogP contribution >= 0.6 is 0 Å². The summed E-state index contributed by atoms with van der Waals surface area (Å²) in [6, 6.07) is 0. The summed E-state index contributed by atoms with van der Waals surface area (Å²) in [6.07, 6.45) is 20.0. The highest BCUT2D eigenvalue weighted by molar-refractivity contribution is 5.69. The Balaban J connectivity index is 1.71. The zero-order chi connectivity index (χ0) is 28.0. The van der Waals surface area contributed by atoms with Gasteiger partial charge < -0.3 is 29.2 Å². The number of aliphatic carboxylic acids is 1. The van der Waals surface area contributed by atoms with Crippen LogP contribution in [0.1, 0.15) is 104 Å². The maximum atomic E-state index is 11.1. The second-order valence-electron chi connectivity index (χ2n) is 11.9. The number of aliphatic hydroxyl groups excluding tert-OH is 1. The molecule has 0 amide bonds. The number of ether oxygens (including phenoxy) is 4. The van der Waals surface area contributed by atoms with Crippen LogP contribution in [0.25, 0.3) is 0 Å². The first-order valence-corrected chi connectivity index (χ1v) is 15.7. The van der Waals surface area contributed by atoms with E-state index in [1.165, 1.54) is 6.42 Å². The fourth-order valence-corrected chi connectivity index (χ4v) is 5.97. The van der Waals surface area contributed by atoms with Gasteiger partial charge in [-0.25, -0.2) is 0 Å². The second kappa shape index (κ2) is 17.5. The van der Waals surface area contributed by atoms with Crippen molar-refractivity contribution in [1.29, 1.82) is 0 Å². The fourth-order valence-electron chi connectivity index (χ4n) is 5.97. The van der Waals surface area contributed by atoms with Gasteiger partial charge in [0, 0.05) is 25.6 Å². The van der Waals surface area contributed by atoms with Crippen molar-refractivity contribution in [2.24, 2.45) is 23.7 Å². The van der Waals surface area contributed by atoms with Gasteiger partial charge in [-0.1, -0.05) is 57.9 Å². The molecule has 2 aliphatic heterocycles. The van der Waals surface area contributed by atoms with Crippen molar-refractivity contribution >= 4 is 5.97 Å². The minimum atomic E-state index is -0.756. The first-order valence-electron chi connectivity index (χ1n) is 15.7. The Kier molecular flexibility index (Phi) is 14.5. The molecule has 0 aromatic rings. The Bertz CT molecular complexity index is 741. The molecule has 0 aromatic carbocycles. The number of aliphatic hydroxyl groups is 1. The lowest BCUT2D eigenvalue weighted by Gasteiger charge is -2.31. The third kappa shape index (κ3) is 10.9. The number of rotatable bonds is 16. The molecular formula is C32H54O7. The minimum Gasteiger partial charge on any atom is -0.481 e. The number of hydrogen-bond donors (Lipinski definition) is 2. The predicted octanol–water partition coefficient (Wildman–Crippen LogP) is 6.64. The Hall–Kier alpha value is -1.25. The summed E-state index contributed by atoms with van der Waals surface area (Å²) in [6.45, 7) is 7.71. The van der Waals surface area contributed by atoms with Gasteiger partial charge in [-0.3, -0.25) is 4.79 Å². The molecule has 2 heterocycles. The summed E-state index contributed by atoms with van der Waals surface area (Å²) >= 11 is 0. The van der Waals surface area contributed by atoms with Crippen molar-refractivity contribution in [3.63, 3.8) is 0 Å². The molecule has 3 unspecified atom stereocenters. The van der Waals surface area contributed by atoms with Gasteiger partial charge in [0.25, 0.3) is 0 Å². The Morgan fingerprint density at radius 2 is 1.74 bits per heavy atom. The molecule has 0 radical (unpaired) electrons. The Labute approximate surface area is 236 Å². The summed E-state index contributed by atoms with van der Waals surface area (Å²) in [7, 11) is 0. The molecule has 9 atom stereocenters. The summed E-state index contributed by atoms with van der Waals surface area (Å²) < 4.78 is 24.8. The van der Waals surface area contributed by atoms with Crippen LogP contribution in [-0.4, -0.2) is 60.3 Å². The normalized spacial score (nSPS) is 32.5. The molecule has 1 aliphatic carbocycles.